The first-order chi connectivity index (χ1) is 12.3. The van der Waals surface area contributed by atoms with Crippen molar-refractivity contribution in [2.75, 3.05) is 58.7 Å². The van der Waals surface area contributed by atoms with Crippen LogP contribution < -0.4 is 5.32 Å². The average Bonchev–Trinajstić information content (AvgIpc) is 3.15. The highest BCUT2D eigenvalue weighted by Gasteiger charge is 2.43. The Kier molecular flexibility index (Phi) is 7.83. The molecule has 0 saturated carbocycles. The Morgan fingerprint density at radius 3 is 2.33 bits per heavy atom. The largest absolute Gasteiger partial charge is 0.381 e. The zero-order valence-corrected chi connectivity index (χ0v) is 20.0. The van der Waals surface area contributed by atoms with Crippen LogP contribution in [-0.4, -0.2) is 93.2 Å². The summed E-state index contributed by atoms with van der Waals surface area (Å²) in [4.78, 5) is 9.17. The molecular formula is C18H35IN4O3S. The molecule has 3 fully saturated rings. The molecule has 0 spiro atoms. The van der Waals surface area contributed by atoms with Crippen LogP contribution in [0.2, 0.25) is 0 Å². The predicted molar refractivity (Wildman–Crippen MR) is 120 cm³/mol. The van der Waals surface area contributed by atoms with Crippen LogP contribution in [0.1, 0.15) is 39.5 Å². The minimum absolute atomic E-state index is 0. The molecule has 0 bridgehead atoms. The molecule has 0 atom stereocenters. The van der Waals surface area contributed by atoms with Crippen LogP contribution in [0.15, 0.2) is 4.99 Å². The van der Waals surface area contributed by atoms with E-state index in [1.165, 1.54) is 12.8 Å². The van der Waals surface area contributed by atoms with Gasteiger partial charge in [-0.25, -0.2) is 8.42 Å². The Hall–Kier alpha value is -0.130. The van der Waals surface area contributed by atoms with Crippen molar-refractivity contribution < 1.29 is 13.2 Å². The number of ether oxygens (including phenoxy) is 1. The normalized spacial score (nSPS) is 27.8. The Morgan fingerprint density at radius 1 is 1.15 bits per heavy atom. The van der Waals surface area contributed by atoms with E-state index in [1.54, 1.807) is 7.05 Å². The molecule has 3 heterocycles. The number of hydrogen-bond donors (Lipinski definition) is 1. The fourth-order valence-electron chi connectivity index (χ4n) is 4.45. The highest BCUT2D eigenvalue weighted by molar-refractivity contribution is 14.0. The monoisotopic (exact) mass is 514 g/mol. The minimum atomic E-state index is -3.05. The van der Waals surface area contributed by atoms with Crippen molar-refractivity contribution in [2.45, 2.75) is 49.8 Å². The molecule has 3 aliphatic heterocycles. The number of guanidine groups is 1. The third kappa shape index (κ3) is 4.90. The van der Waals surface area contributed by atoms with E-state index in [1.807, 2.05) is 13.8 Å². The summed E-state index contributed by atoms with van der Waals surface area (Å²) >= 11 is 0. The van der Waals surface area contributed by atoms with Crippen molar-refractivity contribution in [3.05, 3.63) is 0 Å². The lowest BCUT2D eigenvalue weighted by atomic mass is 9.88. The van der Waals surface area contributed by atoms with Crippen LogP contribution in [0.3, 0.4) is 0 Å². The lowest BCUT2D eigenvalue weighted by molar-refractivity contribution is -0.0166. The van der Waals surface area contributed by atoms with Gasteiger partial charge in [0.05, 0.1) is 10.5 Å². The number of nitrogens with zero attached hydrogens (tertiary/aromatic N) is 3. The lowest BCUT2D eigenvalue weighted by Crippen LogP contribution is -2.61. The second-order valence-corrected chi connectivity index (χ2v) is 11.2. The molecule has 3 aliphatic rings. The number of sulfone groups is 1. The molecule has 0 amide bonds. The summed E-state index contributed by atoms with van der Waals surface area (Å²) in [5.41, 5.74) is 0.127. The second kappa shape index (κ2) is 9.13. The summed E-state index contributed by atoms with van der Waals surface area (Å²) in [6.07, 6.45) is 4.62. The molecule has 158 valence electrons. The van der Waals surface area contributed by atoms with Gasteiger partial charge in [0.25, 0.3) is 0 Å². The van der Waals surface area contributed by atoms with Gasteiger partial charge in [0, 0.05) is 45.4 Å². The van der Waals surface area contributed by atoms with E-state index >= 15 is 0 Å². The molecule has 0 aromatic heterocycles. The van der Waals surface area contributed by atoms with Gasteiger partial charge in [0.1, 0.15) is 0 Å². The van der Waals surface area contributed by atoms with Gasteiger partial charge in [-0.15, -0.1) is 24.0 Å². The van der Waals surface area contributed by atoms with Crippen LogP contribution in [0.25, 0.3) is 0 Å². The number of halogens is 1. The van der Waals surface area contributed by atoms with Gasteiger partial charge in [0.15, 0.2) is 15.8 Å². The standard InChI is InChI=1S/C18H34N4O3S.HI/c1-17(2)15-21(10-13-26(17,23)24)16(19-3)20-14-18(6-11-25-12-7-18)22-8-4-5-9-22;/h4-15H2,1-3H3,(H,19,20);1H. The minimum Gasteiger partial charge on any atom is -0.381 e. The molecule has 0 aromatic carbocycles. The Morgan fingerprint density at radius 2 is 1.78 bits per heavy atom. The first kappa shape index (κ1) is 23.2. The molecular weight excluding hydrogens is 479 g/mol. The van der Waals surface area contributed by atoms with E-state index in [9.17, 15) is 8.42 Å². The summed E-state index contributed by atoms with van der Waals surface area (Å²) in [7, 11) is -1.26. The van der Waals surface area contributed by atoms with Crippen LogP contribution in [-0.2, 0) is 14.6 Å². The fraction of sp³-hybridized carbons (Fsp3) is 0.944. The topological polar surface area (TPSA) is 74.2 Å². The first-order valence-electron chi connectivity index (χ1n) is 9.80. The molecule has 1 N–H and O–H groups in total. The quantitative estimate of drug-likeness (QED) is 0.348. The summed E-state index contributed by atoms with van der Waals surface area (Å²) in [5, 5.41) is 3.58. The molecule has 27 heavy (non-hydrogen) atoms. The highest BCUT2D eigenvalue weighted by atomic mass is 127. The van der Waals surface area contributed by atoms with Gasteiger partial charge in [-0.3, -0.25) is 9.89 Å². The fourth-order valence-corrected chi connectivity index (χ4v) is 5.81. The van der Waals surface area contributed by atoms with Gasteiger partial charge in [-0.05, 0) is 52.6 Å². The zero-order valence-electron chi connectivity index (χ0n) is 16.9. The maximum absolute atomic E-state index is 12.3. The van der Waals surface area contributed by atoms with Crippen LogP contribution >= 0.6 is 24.0 Å². The molecule has 7 nitrogen and oxygen atoms in total. The Labute approximate surface area is 181 Å². The number of rotatable bonds is 3. The van der Waals surface area contributed by atoms with Crippen molar-refractivity contribution in [2.24, 2.45) is 4.99 Å². The van der Waals surface area contributed by atoms with Crippen molar-refractivity contribution in [3.8, 4) is 0 Å². The van der Waals surface area contributed by atoms with Crippen molar-refractivity contribution in [3.63, 3.8) is 0 Å². The van der Waals surface area contributed by atoms with E-state index in [2.05, 4.69) is 20.1 Å². The van der Waals surface area contributed by atoms with Crippen molar-refractivity contribution in [1.82, 2.24) is 15.1 Å². The lowest BCUT2D eigenvalue weighted by Gasteiger charge is -2.46. The predicted octanol–water partition coefficient (Wildman–Crippen LogP) is 1.33. The molecule has 0 radical (unpaired) electrons. The van der Waals surface area contributed by atoms with E-state index in [4.69, 9.17) is 4.74 Å². The van der Waals surface area contributed by atoms with Gasteiger partial charge in [-0.2, -0.15) is 0 Å². The first-order valence-corrected chi connectivity index (χ1v) is 11.5. The van der Waals surface area contributed by atoms with Crippen LogP contribution in [0, 0.1) is 0 Å². The van der Waals surface area contributed by atoms with E-state index in [0.29, 0.717) is 13.1 Å². The highest BCUT2D eigenvalue weighted by Crippen LogP contribution is 2.31. The van der Waals surface area contributed by atoms with Crippen LogP contribution in [0.5, 0.6) is 0 Å². The van der Waals surface area contributed by atoms with Gasteiger partial charge in [0.2, 0.25) is 0 Å². The third-order valence-corrected chi connectivity index (χ3v) is 8.86. The smallest absolute Gasteiger partial charge is 0.193 e. The number of likely N-dealkylation sites (tertiary alicyclic amines) is 1. The van der Waals surface area contributed by atoms with Gasteiger partial charge < -0.3 is 15.0 Å². The second-order valence-electron chi connectivity index (χ2n) is 8.43. The molecule has 0 aliphatic carbocycles. The SMILES string of the molecule is CN=C(NCC1(N2CCCC2)CCOCC1)N1CCS(=O)(=O)C(C)(C)C1.I. The summed E-state index contributed by atoms with van der Waals surface area (Å²) in [5.74, 6) is 1.00. The maximum atomic E-state index is 12.3. The molecule has 9 heteroatoms. The van der Waals surface area contributed by atoms with E-state index in [0.717, 1.165) is 51.6 Å². The molecule has 0 unspecified atom stereocenters. The number of hydrogen-bond acceptors (Lipinski definition) is 5. The Balaban J connectivity index is 0.00000261. The molecule has 0 aromatic rings. The number of aliphatic imine (C=N–C) groups is 1. The van der Waals surface area contributed by atoms with Crippen molar-refractivity contribution in [1.29, 1.82) is 0 Å². The molecule has 3 rings (SSSR count). The summed E-state index contributed by atoms with van der Waals surface area (Å²) in [6, 6.07) is 0. The maximum Gasteiger partial charge on any atom is 0.193 e. The molecule has 3 saturated heterocycles. The third-order valence-electron chi connectivity index (χ3n) is 6.33. The zero-order chi connectivity index (χ0) is 18.8. The average molecular weight is 514 g/mol. The summed E-state index contributed by atoms with van der Waals surface area (Å²) in [6.45, 7) is 9.40. The van der Waals surface area contributed by atoms with Gasteiger partial charge in [-0.1, -0.05) is 0 Å². The van der Waals surface area contributed by atoms with E-state index in [-0.39, 0.29) is 35.3 Å². The Bertz CT molecular complexity index is 627. The number of nitrogens with one attached hydrogen (secondary N) is 1. The summed E-state index contributed by atoms with van der Waals surface area (Å²) < 4.78 is 29.4. The van der Waals surface area contributed by atoms with Gasteiger partial charge >= 0.3 is 0 Å². The van der Waals surface area contributed by atoms with Crippen molar-refractivity contribution >= 4 is 39.8 Å². The van der Waals surface area contributed by atoms with E-state index < -0.39 is 14.6 Å². The van der Waals surface area contributed by atoms with Crippen LogP contribution in [0.4, 0.5) is 0 Å².